The van der Waals surface area contributed by atoms with Crippen molar-refractivity contribution in [2.24, 2.45) is 0 Å². The molecule has 1 N–H and O–H groups in total. The van der Waals surface area contributed by atoms with Gasteiger partial charge in [-0.2, -0.15) is 0 Å². The van der Waals surface area contributed by atoms with Gasteiger partial charge in [-0.15, -0.1) is 0 Å². The number of nitrogens with one attached hydrogen (secondary N) is 1. The molecule has 0 saturated heterocycles. The summed E-state index contributed by atoms with van der Waals surface area (Å²) in [5.41, 5.74) is 0.947. The van der Waals surface area contributed by atoms with Gasteiger partial charge in [0.1, 0.15) is 0 Å². The van der Waals surface area contributed by atoms with Gasteiger partial charge in [0.2, 0.25) is 0 Å². The summed E-state index contributed by atoms with van der Waals surface area (Å²) in [5.74, 6) is 0. The predicted octanol–water partition coefficient (Wildman–Crippen LogP) is 2.51. The van der Waals surface area contributed by atoms with E-state index in [1.54, 1.807) is 0 Å². The fraction of sp³-hybridized carbons (Fsp3) is 0.333. The lowest BCUT2D eigenvalue weighted by atomic mass is 10.3. The third-order valence-corrected chi connectivity index (χ3v) is 1.16. The highest BCUT2D eigenvalue weighted by molar-refractivity contribution is 5.42. The molecule has 0 spiro atoms. The fourth-order valence-electron chi connectivity index (χ4n) is 0.812. The molecule has 0 unspecified atom stereocenters. The largest absolute Gasteiger partial charge is 0.383 e. The number of benzene rings is 1. The van der Waals surface area contributed by atoms with Gasteiger partial charge in [0, 0.05) is 11.7 Å². The second-order valence-electron chi connectivity index (χ2n) is 2.56. The maximum atomic E-state index is 7.60. The molecule has 0 aliphatic heterocycles. The fourth-order valence-corrected chi connectivity index (χ4v) is 0.812. The summed E-state index contributed by atoms with van der Waals surface area (Å²) in [6, 6.07) is 9.95. The minimum atomic E-state index is 0.234. The van der Waals surface area contributed by atoms with E-state index in [-0.39, 0.29) is 6.04 Å². The van der Waals surface area contributed by atoms with Gasteiger partial charge in [0.05, 0.1) is 0 Å². The zero-order valence-electron chi connectivity index (χ0n) is 7.41. The van der Waals surface area contributed by atoms with Crippen LogP contribution in [-0.2, 0) is 0 Å². The Bertz CT molecular complexity index is 208. The Hall–Kier alpha value is -0.980. The van der Waals surface area contributed by atoms with Crippen molar-refractivity contribution in [2.75, 3.05) is 5.31 Å². The van der Waals surface area contributed by atoms with Crippen LogP contribution in [0, 0.1) is 0 Å². The van der Waals surface area contributed by atoms with Crippen LogP contribution in [0.3, 0.4) is 0 Å². The van der Waals surface area contributed by atoms with Gasteiger partial charge in [0.15, 0.2) is 1.41 Å². The molecule has 0 aliphatic rings. The van der Waals surface area contributed by atoms with Crippen molar-refractivity contribution in [1.29, 1.82) is 0 Å². The molecule has 1 rings (SSSR count). The van der Waals surface area contributed by atoms with Gasteiger partial charge in [-0.3, -0.25) is 0 Å². The average molecular weight is 136 g/mol. The summed E-state index contributed by atoms with van der Waals surface area (Å²) in [6.45, 7) is 4.00. The van der Waals surface area contributed by atoms with Crippen molar-refractivity contribution in [1.82, 2.24) is 0 Å². The molecule has 0 aliphatic carbocycles. The van der Waals surface area contributed by atoms with Gasteiger partial charge < -0.3 is 5.31 Å². The molecule has 0 radical (unpaired) electrons. The van der Waals surface area contributed by atoms with E-state index in [1.807, 2.05) is 44.2 Å². The smallest absolute Gasteiger partial charge is 0.160 e. The number of anilines is 1. The summed E-state index contributed by atoms with van der Waals surface area (Å²) < 4.78 is 7.60. The average Bonchev–Trinajstić information content (AvgIpc) is 2.05. The van der Waals surface area contributed by atoms with E-state index in [0.29, 0.717) is 0 Å². The zero-order chi connectivity index (χ0) is 8.27. The first-order chi connectivity index (χ1) is 5.22. The minimum Gasteiger partial charge on any atom is -0.383 e. The Morgan fingerprint density at radius 2 is 1.90 bits per heavy atom. The number of para-hydroxylation sites is 1. The SMILES string of the molecule is [2H]N(c1ccccc1)C(C)C. The van der Waals surface area contributed by atoms with Crippen LogP contribution >= 0.6 is 0 Å². The first-order valence-corrected chi connectivity index (χ1v) is 3.55. The second kappa shape index (κ2) is 3.25. The summed E-state index contributed by atoms with van der Waals surface area (Å²) in [5, 5.41) is 1.50. The molecule has 1 aromatic rings. The topological polar surface area (TPSA) is 12.0 Å². The molecule has 0 amide bonds. The lowest BCUT2D eigenvalue weighted by Crippen LogP contribution is -2.08. The normalized spacial score (nSPS) is 11.3. The number of hydrogen-bond acceptors (Lipinski definition) is 1. The molecule has 0 heterocycles. The highest BCUT2D eigenvalue weighted by Crippen LogP contribution is 2.05. The molecule has 1 aromatic carbocycles. The van der Waals surface area contributed by atoms with Crippen LogP contribution < -0.4 is 5.31 Å². The van der Waals surface area contributed by atoms with Crippen molar-refractivity contribution < 1.29 is 1.41 Å². The number of rotatable bonds is 2. The maximum Gasteiger partial charge on any atom is 0.160 e. The highest BCUT2D eigenvalue weighted by atomic mass is 14.9. The molecule has 54 valence electrons. The minimum absolute atomic E-state index is 0.234. The predicted molar refractivity (Wildman–Crippen MR) is 45.2 cm³/mol. The molecule has 1 heteroatoms. The Labute approximate surface area is 63.5 Å². The van der Waals surface area contributed by atoms with Crippen molar-refractivity contribution in [3.05, 3.63) is 30.3 Å². The molecule has 10 heavy (non-hydrogen) atoms. The Balaban J connectivity index is 2.77. The Morgan fingerprint density at radius 1 is 1.30 bits per heavy atom. The van der Waals surface area contributed by atoms with E-state index < -0.39 is 0 Å². The molecule has 0 atom stereocenters. The first-order valence-electron chi connectivity index (χ1n) is 3.99. The highest BCUT2D eigenvalue weighted by Gasteiger charge is 1.90. The summed E-state index contributed by atoms with van der Waals surface area (Å²) >= 11 is 0. The first kappa shape index (κ1) is 5.78. The quantitative estimate of drug-likeness (QED) is 0.658. The third kappa shape index (κ3) is 2.09. The summed E-state index contributed by atoms with van der Waals surface area (Å²) in [4.78, 5) is 0. The van der Waals surface area contributed by atoms with Crippen molar-refractivity contribution in [3.8, 4) is 0 Å². The third-order valence-electron chi connectivity index (χ3n) is 1.16. The van der Waals surface area contributed by atoms with Gasteiger partial charge >= 0.3 is 0 Å². The van der Waals surface area contributed by atoms with E-state index in [0.717, 1.165) is 5.69 Å². The molecule has 0 aromatic heterocycles. The lowest BCUT2D eigenvalue weighted by molar-refractivity contribution is 0.900. The Morgan fingerprint density at radius 3 is 2.40 bits per heavy atom. The molecule has 1 nitrogen and oxygen atoms in total. The van der Waals surface area contributed by atoms with E-state index >= 15 is 0 Å². The van der Waals surface area contributed by atoms with E-state index in [9.17, 15) is 0 Å². The van der Waals surface area contributed by atoms with E-state index in [2.05, 4.69) is 0 Å². The lowest BCUT2D eigenvalue weighted by Gasteiger charge is -2.08. The van der Waals surface area contributed by atoms with Crippen LogP contribution in [0.2, 0.25) is 1.41 Å². The van der Waals surface area contributed by atoms with Gasteiger partial charge in [-0.25, -0.2) is 0 Å². The van der Waals surface area contributed by atoms with Crippen LogP contribution in [0.4, 0.5) is 5.69 Å². The van der Waals surface area contributed by atoms with Crippen LogP contribution in [0.5, 0.6) is 0 Å². The monoisotopic (exact) mass is 136 g/mol. The van der Waals surface area contributed by atoms with E-state index in [4.69, 9.17) is 1.41 Å². The van der Waals surface area contributed by atoms with Gasteiger partial charge in [-0.1, -0.05) is 18.2 Å². The molecular formula is C9H13N. The molecule has 0 bridgehead atoms. The molecule has 0 fully saturated rings. The van der Waals surface area contributed by atoms with Crippen LogP contribution in [-0.4, -0.2) is 6.04 Å². The molecular weight excluding hydrogens is 122 g/mol. The number of hydrogen-bond donors (Lipinski definition) is 1. The van der Waals surface area contributed by atoms with Crippen molar-refractivity contribution >= 4 is 5.69 Å². The maximum absolute atomic E-state index is 7.60. The van der Waals surface area contributed by atoms with E-state index in [1.165, 1.54) is 5.31 Å². The summed E-state index contributed by atoms with van der Waals surface area (Å²) in [7, 11) is 0. The van der Waals surface area contributed by atoms with Crippen LogP contribution in [0.1, 0.15) is 13.8 Å². The summed E-state index contributed by atoms with van der Waals surface area (Å²) in [6.07, 6.45) is 0. The Kier molecular flexibility index (Phi) is 1.88. The van der Waals surface area contributed by atoms with Crippen LogP contribution in [0.25, 0.3) is 0 Å². The van der Waals surface area contributed by atoms with Crippen molar-refractivity contribution in [2.45, 2.75) is 19.9 Å². The standard InChI is InChI=1S/C9H13N/c1-8(2)10-9-6-4-3-5-7-9/h3-8,10H,1-2H3/i/hD. The van der Waals surface area contributed by atoms with Crippen molar-refractivity contribution in [3.63, 3.8) is 0 Å². The van der Waals surface area contributed by atoms with Gasteiger partial charge in [0.25, 0.3) is 0 Å². The van der Waals surface area contributed by atoms with Gasteiger partial charge in [-0.05, 0) is 26.0 Å². The molecule has 0 saturated carbocycles. The second-order valence-corrected chi connectivity index (χ2v) is 2.56. The zero-order valence-corrected chi connectivity index (χ0v) is 6.41. The van der Waals surface area contributed by atoms with Crippen LogP contribution in [0.15, 0.2) is 30.3 Å².